The summed E-state index contributed by atoms with van der Waals surface area (Å²) in [5.74, 6) is 2.95. The second-order valence-corrected chi connectivity index (χ2v) is 9.61. The van der Waals surface area contributed by atoms with Gasteiger partial charge in [-0.05, 0) is 86.9 Å². The Labute approximate surface area is 150 Å². The molecule has 0 aromatic heterocycles. The monoisotopic (exact) mass is 347 g/mol. The number of carbonyl (C=O) groups is 1. The SMILES string of the molecule is C[C@]12CC[C@H](O)C[C@@H]1CC[C@H]1[C@H]2CC[C@]2(C)/C(=N\NC(N)=O)CC[C@H]12. The third kappa shape index (κ3) is 2.61. The summed E-state index contributed by atoms with van der Waals surface area (Å²) in [4.78, 5) is 11.1. The number of fused-ring (bicyclic) bond motifs is 5. The van der Waals surface area contributed by atoms with Gasteiger partial charge in [0, 0.05) is 11.1 Å². The third-order valence-corrected chi connectivity index (χ3v) is 8.68. The van der Waals surface area contributed by atoms with Crippen molar-refractivity contribution in [2.75, 3.05) is 0 Å². The van der Waals surface area contributed by atoms with Crippen molar-refractivity contribution in [2.45, 2.75) is 77.7 Å². The van der Waals surface area contributed by atoms with Crippen LogP contribution in [0.15, 0.2) is 5.10 Å². The molecule has 4 rings (SSSR count). The topological polar surface area (TPSA) is 87.7 Å². The smallest absolute Gasteiger partial charge is 0.332 e. The van der Waals surface area contributed by atoms with Gasteiger partial charge in [0.15, 0.2) is 0 Å². The minimum Gasteiger partial charge on any atom is -0.393 e. The zero-order chi connectivity index (χ0) is 17.8. The summed E-state index contributed by atoms with van der Waals surface area (Å²) in [6.45, 7) is 4.88. The predicted octanol–water partition coefficient (Wildman–Crippen LogP) is 3.41. The average Bonchev–Trinajstić information content (AvgIpc) is 2.90. The number of aliphatic hydroxyl groups excluding tert-OH is 1. The summed E-state index contributed by atoms with van der Waals surface area (Å²) in [6.07, 6.45) is 10.3. The van der Waals surface area contributed by atoms with Crippen LogP contribution < -0.4 is 11.2 Å². The maximum Gasteiger partial charge on any atom is 0.332 e. The van der Waals surface area contributed by atoms with Crippen molar-refractivity contribution in [2.24, 2.45) is 45.3 Å². The minimum absolute atomic E-state index is 0.0754. The zero-order valence-electron chi connectivity index (χ0n) is 15.6. The molecule has 4 saturated carbocycles. The van der Waals surface area contributed by atoms with E-state index in [1.54, 1.807) is 0 Å². The molecule has 5 nitrogen and oxygen atoms in total. The summed E-state index contributed by atoms with van der Waals surface area (Å²) in [5, 5.41) is 14.5. The van der Waals surface area contributed by atoms with Crippen LogP contribution in [0.4, 0.5) is 4.79 Å². The highest BCUT2D eigenvalue weighted by molar-refractivity contribution is 5.93. The van der Waals surface area contributed by atoms with E-state index in [9.17, 15) is 9.90 Å². The lowest BCUT2D eigenvalue weighted by Gasteiger charge is -2.60. The number of primary amides is 1. The molecule has 0 saturated heterocycles. The van der Waals surface area contributed by atoms with Crippen molar-refractivity contribution in [3.8, 4) is 0 Å². The van der Waals surface area contributed by atoms with E-state index in [0.717, 1.165) is 36.8 Å². The maximum atomic E-state index is 11.1. The molecule has 140 valence electrons. The van der Waals surface area contributed by atoms with Gasteiger partial charge in [-0.3, -0.25) is 0 Å². The Hall–Kier alpha value is -1.10. The molecule has 2 amide bonds. The van der Waals surface area contributed by atoms with Crippen LogP contribution in [0, 0.1) is 34.5 Å². The van der Waals surface area contributed by atoms with Crippen molar-refractivity contribution >= 4 is 11.7 Å². The second-order valence-electron chi connectivity index (χ2n) is 9.61. The largest absolute Gasteiger partial charge is 0.393 e. The van der Waals surface area contributed by atoms with Gasteiger partial charge in [0.05, 0.1) is 6.10 Å². The van der Waals surface area contributed by atoms with E-state index in [1.165, 1.54) is 38.5 Å². The first-order chi connectivity index (χ1) is 11.8. The number of nitrogens with two attached hydrogens (primary N) is 1. The Kier molecular flexibility index (Phi) is 4.13. The molecule has 4 N–H and O–H groups in total. The fourth-order valence-electron chi connectivity index (χ4n) is 7.33. The van der Waals surface area contributed by atoms with Gasteiger partial charge in [0.25, 0.3) is 0 Å². The van der Waals surface area contributed by atoms with Gasteiger partial charge in [-0.2, -0.15) is 5.10 Å². The molecule has 4 aliphatic rings. The Bertz CT molecular complexity index is 591. The predicted molar refractivity (Wildman–Crippen MR) is 97.9 cm³/mol. The van der Waals surface area contributed by atoms with Crippen LogP contribution in [0.1, 0.15) is 71.6 Å². The van der Waals surface area contributed by atoms with E-state index in [-0.39, 0.29) is 11.5 Å². The number of hydrogen-bond donors (Lipinski definition) is 3. The van der Waals surface area contributed by atoms with E-state index in [1.807, 2.05) is 0 Å². The van der Waals surface area contributed by atoms with Crippen LogP contribution >= 0.6 is 0 Å². The molecule has 0 aromatic carbocycles. The molecule has 4 aliphatic carbocycles. The van der Waals surface area contributed by atoms with E-state index >= 15 is 0 Å². The molecule has 0 bridgehead atoms. The van der Waals surface area contributed by atoms with Crippen LogP contribution in [0.25, 0.3) is 0 Å². The molecule has 0 aliphatic heterocycles. The van der Waals surface area contributed by atoms with E-state index in [0.29, 0.717) is 17.3 Å². The van der Waals surface area contributed by atoms with Crippen LogP contribution in [-0.2, 0) is 0 Å². The number of amides is 2. The average molecular weight is 348 g/mol. The van der Waals surface area contributed by atoms with Gasteiger partial charge >= 0.3 is 6.03 Å². The van der Waals surface area contributed by atoms with Crippen LogP contribution in [-0.4, -0.2) is 23.0 Å². The first kappa shape index (κ1) is 17.3. The molecule has 7 atom stereocenters. The number of nitrogens with one attached hydrogen (secondary N) is 1. The summed E-state index contributed by atoms with van der Waals surface area (Å²) in [6, 6.07) is -0.568. The molecule has 25 heavy (non-hydrogen) atoms. The summed E-state index contributed by atoms with van der Waals surface area (Å²) >= 11 is 0. The van der Waals surface area contributed by atoms with Gasteiger partial charge in [0.1, 0.15) is 0 Å². The molecule has 0 aromatic rings. The van der Waals surface area contributed by atoms with Gasteiger partial charge in [-0.1, -0.05) is 13.8 Å². The standard InChI is InChI=1S/C20H33N3O2/c1-19-9-7-13(24)11-12(19)3-4-14-15-5-6-17(22-23-18(21)25)20(15,2)10-8-16(14)19/h12-16,24H,3-11H2,1-2H3,(H3,21,23,25)/b22-17-/t12-,13-,14+,15+,16+,19-,20-/m0/s1. The van der Waals surface area contributed by atoms with Crippen molar-refractivity contribution < 1.29 is 9.90 Å². The lowest BCUT2D eigenvalue weighted by Crippen LogP contribution is -2.54. The van der Waals surface area contributed by atoms with Crippen LogP contribution in [0.3, 0.4) is 0 Å². The number of urea groups is 1. The van der Waals surface area contributed by atoms with Crippen molar-refractivity contribution in [1.82, 2.24) is 5.43 Å². The second kappa shape index (κ2) is 5.97. The normalized spacial score (nSPS) is 50.7. The zero-order valence-corrected chi connectivity index (χ0v) is 15.6. The summed E-state index contributed by atoms with van der Waals surface area (Å²) in [7, 11) is 0. The Balaban J connectivity index is 1.58. The van der Waals surface area contributed by atoms with Crippen molar-refractivity contribution in [1.29, 1.82) is 0 Å². The van der Waals surface area contributed by atoms with Gasteiger partial charge in [-0.15, -0.1) is 0 Å². The first-order valence-corrected chi connectivity index (χ1v) is 10.1. The fourth-order valence-corrected chi connectivity index (χ4v) is 7.33. The van der Waals surface area contributed by atoms with Crippen molar-refractivity contribution in [3.63, 3.8) is 0 Å². The van der Waals surface area contributed by atoms with E-state index in [2.05, 4.69) is 24.4 Å². The highest BCUT2D eigenvalue weighted by Gasteiger charge is 2.59. The molecule has 4 fully saturated rings. The molecule has 0 unspecified atom stereocenters. The Morgan fingerprint density at radius 1 is 1.16 bits per heavy atom. The highest BCUT2D eigenvalue weighted by Crippen LogP contribution is 2.65. The Morgan fingerprint density at radius 3 is 2.72 bits per heavy atom. The van der Waals surface area contributed by atoms with Gasteiger partial charge in [0.2, 0.25) is 0 Å². The van der Waals surface area contributed by atoms with Gasteiger partial charge < -0.3 is 10.8 Å². The Morgan fingerprint density at radius 2 is 1.96 bits per heavy atom. The van der Waals surface area contributed by atoms with Gasteiger partial charge in [-0.25, -0.2) is 10.2 Å². The number of hydrogen-bond acceptors (Lipinski definition) is 3. The van der Waals surface area contributed by atoms with Crippen LogP contribution in [0.5, 0.6) is 0 Å². The quantitative estimate of drug-likeness (QED) is 0.635. The first-order valence-electron chi connectivity index (χ1n) is 10.1. The lowest BCUT2D eigenvalue weighted by atomic mass is 9.45. The number of hydrazone groups is 1. The van der Waals surface area contributed by atoms with Crippen molar-refractivity contribution in [3.05, 3.63) is 0 Å². The molecule has 0 heterocycles. The number of nitrogens with zero attached hydrogens (tertiary/aromatic N) is 1. The maximum absolute atomic E-state index is 11.1. The number of aliphatic hydroxyl groups is 1. The molecule has 0 spiro atoms. The molecular formula is C20H33N3O2. The summed E-state index contributed by atoms with van der Waals surface area (Å²) in [5.41, 5.74) is 9.38. The summed E-state index contributed by atoms with van der Waals surface area (Å²) < 4.78 is 0. The molecule has 5 heteroatoms. The van der Waals surface area contributed by atoms with E-state index in [4.69, 9.17) is 5.73 Å². The number of carbonyl (C=O) groups excluding carboxylic acids is 1. The van der Waals surface area contributed by atoms with E-state index < -0.39 is 6.03 Å². The van der Waals surface area contributed by atoms with Crippen LogP contribution in [0.2, 0.25) is 0 Å². The fraction of sp³-hybridized carbons (Fsp3) is 0.900. The molecular weight excluding hydrogens is 314 g/mol. The number of rotatable bonds is 1. The molecule has 0 radical (unpaired) electrons. The minimum atomic E-state index is -0.568. The third-order valence-electron chi connectivity index (χ3n) is 8.68. The lowest BCUT2D eigenvalue weighted by molar-refractivity contribution is -0.113. The highest BCUT2D eigenvalue weighted by atomic mass is 16.3.